The van der Waals surface area contributed by atoms with Crippen LogP contribution < -0.4 is 0 Å². The molecule has 0 heterocycles. The van der Waals surface area contributed by atoms with E-state index in [-0.39, 0.29) is 0 Å². The van der Waals surface area contributed by atoms with Gasteiger partial charge in [-0.15, -0.1) is 0 Å². The highest BCUT2D eigenvalue weighted by Gasteiger charge is 2.06. The molecule has 0 aromatic heterocycles. The van der Waals surface area contributed by atoms with E-state index in [1.54, 1.807) is 6.92 Å². The average Bonchev–Trinajstić information content (AvgIpc) is 1.82. The van der Waals surface area contributed by atoms with E-state index in [0.29, 0.717) is 19.3 Å². The molecule has 3 heteroatoms. The fourth-order valence-electron chi connectivity index (χ4n) is 0.772. The van der Waals surface area contributed by atoms with E-state index >= 15 is 0 Å². The molecular weight excluding hydrogens is 132 g/mol. The lowest BCUT2D eigenvalue weighted by Crippen LogP contribution is -2.14. The lowest BCUT2D eigenvalue weighted by Gasteiger charge is -2.09. The number of aliphatic hydroxyl groups excluding tert-OH is 2. The summed E-state index contributed by atoms with van der Waals surface area (Å²) in [7, 11) is 0. The van der Waals surface area contributed by atoms with Crippen LogP contribution in [-0.2, 0) is 4.79 Å². The van der Waals surface area contributed by atoms with Gasteiger partial charge < -0.3 is 15.0 Å². The number of aldehydes is 1. The van der Waals surface area contributed by atoms with Crippen LogP contribution in [0.15, 0.2) is 0 Å². The minimum absolute atomic E-state index is 0.355. The molecular formula is C7H14O3. The van der Waals surface area contributed by atoms with Crippen LogP contribution in [0.3, 0.4) is 0 Å². The summed E-state index contributed by atoms with van der Waals surface area (Å²) in [5.74, 6) is 0. The maximum Gasteiger partial charge on any atom is 0.120 e. The van der Waals surface area contributed by atoms with Crippen LogP contribution in [0.1, 0.15) is 26.2 Å². The van der Waals surface area contributed by atoms with Gasteiger partial charge in [0.05, 0.1) is 12.2 Å². The van der Waals surface area contributed by atoms with E-state index in [0.717, 1.165) is 6.29 Å². The Bertz CT molecular complexity index is 90.9. The largest absolute Gasteiger partial charge is 0.393 e. The Hall–Kier alpha value is -0.410. The van der Waals surface area contributed by atoms with Crippen molar-refractivity contribution in [2.45, 2.75) is 38.4 Å². The molecule has 0 radical (unpaired) electrons. The summed E-state index contributed by atoms with van der Waals surface area (Å²) in [4.78, 5) is 9.82. The Morgan fingerprint density at radius 2 is 2.10 bits per heavy atom. The minimum Gasteiger partial charge on any atom is -0.393 e. The maximum absolute atomic E-state index is 9.82. The highest BCUT2D eigenvalue weighted by Crippen LogP contribution is 2.02. The molecule has 2 unspecified atom stereocenters. The van der Waals surface area contributed by atoms with Crippen molar-refractivity contribution in [3.63, 3.8) is 0 Å². The third-order valence-electron chi connectivity index (χ3n) is 1.23. The van der Waals surface area contributed by atoms with Gasteiger partial charge in [0, 0.05) is 6.42 Å². The van der Waals surface area contributed by atoms with E-state index in [9.17, 15) is 4.79 Å². The number of carbonyl (C=O) groups excluding carboxylic acids is 1. The molecule has 2 atom stereocenters. The zero-order valence-corrected chi connectivity index (χ0v) is 6.16. The monoisotopic (exact) mass is 146 g/mol. The quantitative estimate of drug-likeness (QED) is 0.541. The average molecular weight is 146 g/mol. The topological polar surface area (TPSA) is 57.5 Å². The van der Waals surface area contributed by atoms with E-state index < -0.39 is 12.2 Å². The molecule has 3 nitrogen and oxygen atoms in total. The van der Waals surface area contributed by atoms with Crippen molar-refractivity contribution in [1.82, 2.24) is 0 Å². The second kappa shape index (κ2) is 5.38. The van der Waals surface area contributed by atoms with Crippen LogP contribution >= 0.6 is 0 Å². The van der Waals surface area contributed by atoms with Crippen LogP contribution in [0.2, 0.25) is 0 Å². The van der Waals surface area contributed by atoms with E-state index in [2.05, 4.69) is 0 Å². The molecule has 0 fully saturated rings. The molecule has 0 spiro atoms. The van der Waals surface area contributed by atoms with Gasteiger partial charge in [0.15, 0.2) is 0 Å². The van der Waals surface area contributed by atoms with Crippen LogP contribution in [0.5, 0.6) is 0 Å². The fraction of sp³-hybridized carbons (Fsp3) is 0.857. The molecule has 0 aromatic rings. The molecule has 0 aliphatic heterocycles. The number of hydrogen-bond donors (Lipinski definition) is 2. The number of aliphatic hydroxyl groups is 2. The summed E-state index contributed by atoms with van der Waals surface area (Å²) < 4.78 is 0. The van der Waals surface area contributed by atoms with Crippen molar-refractivity contribution in [3.8, 4) is 0 Å². The molecule has 0 aliphatic carbocycles. The predicted octanol–water partition coefficient (Wildman–Crippen LogP) is 0.0973. The summed E-state index contributed by atoms with van der Waals surface area (Å²) in [5, 5.41) is 17.8. The predicted molar refractivity (Wildman–Crippen MR) is 37.6 cm³/mol. The molecule has 0 saturated carbocycles. The molecule has 0 aliphatic rings. The van der Waals surface area contributed by atoms with Crippen LogP contribution in [0, 0.1) is 0 Å². The van der Waals surface area contributed by atoms with Crippen molar-refractivity contribution in [3.05, 3.63) is 0 Å². The zero-order chi connectivity index (χ0) is 7.98. The Morgan fingerprint density at radius 1 is 1.50 bits per heavy atom. The first-order chi connectivity index (χ1) is 4.66. The summed E-state index contributed by atoms with van der Waals surface area (Å²) in [6, 6.07) is 0. The molecule has 0 bridgehead atoms. The van der Waals surface area contributed by atoms with Gasteiger partial charge in [0.1, 0.15) is 6.29 Å². The van der Waals surface area contributed by atoms with Crippen molar-refractivity contribution in [1.29, 1.82) is 0 Å². The Kier molecular flexibility index (Phi) is 5.16. The van der Waals surface area contributed by atoms with Gasteiger partial charge in [-0.2, -0.15) is 0 Å². The Labute approximate surface area is 60.7 Å². The standard InChI is InChI=1S/C7H14O3/c1-6(9)5-7(10)3-2-4-8/h4,6-7,9-10H,2-3,5H2,1H3. The number of rotatable bonds is 5. The molecule has 0 amide bonds. The van der Waals surface area contributed by atoms with Gasteiger partial charge in [-0.3, -0.25) is 0 Å². The molecule has 0 aromatic carbocycles. The molecule has 0 saturated heterocycles. The van der Waals surface area contributed by atoms with E-state index in [1.807, 2.05) is 0 Å². The zero-order valence-electron chi connectivity index (χ0n) is 6.16. The lowest BCUT2D eigenvalue weighted by atomic mass is 10.1. The molecule has 10 heavy (non-hydrogen) atoms. The first-order valence-electron chi connectivity index (χ1n) is 3.46. The van der Waals surface area contributed by atoms with E-state index in [1.165, 1.54) is 0 Å². The molecule has 60 valence electrons. The summed E-state index contributed by atoms with van der Waals surface area (Å²) in [6.45, 7) is 1.62. The van der Waals surface area contributed by atoms with Gasteiger partial charge in [-0.1, -0.05) is 0 Å². The number of hydrogen-bond acceptors (Lipinski definition) is 3. The fourth-order valence-corrected chi connectivity index (χ4v) is 0.772. The molecule has 2 N–H and O–H groups in total. The van der Waals surface area contributed by atoms with Crippen LogP contribution in [0.4, 0.5) is 0 Å². The highest BCUT2D eigenvalue weighted by molar-refractivity contribution is 5.49. The van der Waals surface area contributed by atoms with E-state index in [4.69, 9.17) is 10.2 Å². The van der Waals surface area contributed by atoms with Gasteiger partial charge in [0.25, 0.3) is 0 Å². The number of carbonyl (C=O) groups is 1. The third kappa shape index (κ3) is 5.72. The highest BCUT2D eigenvalue weighted by atomic mass is 16.3. The van der Waals surface area contributed by atoms with Crippen molar-refractivity contribution in [2.24, 2.45) is 0 Å². The smallest absolute Gasteiger partial charge is 0.120 e. The Balaban J connectivity index is 3.24. The normalized spacial score (nSPS) is 16.3. The minimum atomic E-state index is -0.537. The molecule has 0 rings (SSSR count). The third-order valence-corrected chi connectivity index (χ3v) is 1.23. The van der Waals surface area contributed by atoms with Gasteiger partial charge in [0.2, 0.25) is 0 Å². The van der Waals surface area contributed by atoms with Crippen molar-refractivity contribution < 1.29 is 15.0 Å². The second-order valence-corrected chi connectivity index (χ2v) is 2.48. The first-order valence-corrected chi connectivity index (χ1v) is 3.46. The second-order valence-electron chi connectivity index (χ2n) is 2.48. The summed E-state index contributed by atoms with van der Waals surface area (Å²) in [5.41, 5.74) is 0. The van der Waals surface area contributed by atoms with Gasteiger partial charge in [-0.25, -0.2) is 0 Å². The van der Waals surface area contributed by atoms with Crippen molar-refractivity contribution >= 4 is 6.29 Å². The van der Waals surface area contributed by atoms with Crippen molar-refractivity contribution in [2.75, 3.05) is 0 Å². The van der Waals surface area contributed by atoms with Gasteiger partial charge in [-0.05, 0) is 19.8 Å². The summed E-state index contributed by atoms with van der Waals surface area (Å²) >= 11 is 0. The lowest BCUT2D eigenvalue weighted by molar-refractivity contribution is -0.108. The SMILES string of the molecule is CC(O)CC(O)CCC=O. The van der Waals surface area contributed by atoms with Gasteiger partial charge >= 0.3 is 0 Å². The Morgan fingerprint density at radius 3 is 2.50 bits per heavy atom. The summed E-state index contributed by atoms with van der Waals surface area (Å²) in [6.07, 6.45) is 0.924. The van der Waals surface area contributed by atoms with Crippen LogP contribution in [-0.4, -0.2) is 28.7 Å². The first kappa shape index (κ1) is 9.59. The maximum atomic E-state index is 9.82. The van der Waals surface area contributed by atoms with Crippen LogP contribution in [0.25, 0.3) is 0 Å².